The minimum absolute atomic E-state index is 0.00217. The number of ether oxygens (including phenoxy) is 1. The Balaban J connectivity index is 2.01. The maximum atomic E-state index is 12.2. The summed E-state index contributed by atoms with van der Waals surface area (Å²) in [6.07, 6.45) is 0. The van der Waals surface area contributed by atoms with Crippen LogP contribution in [0.15, 0.2) is 53.4 Å². The number of nitrogens with one attached hydrogen (secondary N) is 2. The van der Waals surface area contributed by atoms with Gasteiger partial charge in [0.15, 0.2) is 6.61 Å². The summed E-state index contributed by atoms with van der Waals surface area (Å²) >= 11 is 0. The number of sulfonamides is 1. The summed E-state index contributed by atoms with van der Waals surface area (Å²) in [6, 6.07) is 11.6. The van der Waals surface area contributed by atoms with E-state index in [0.717, 1.165) is 4.31 Å². The van der Waals surface area contributed by atoms with Gasteiger partial charge < -0.3 is 15.4 Å². The van der Waals surface area contributed by atoms with Crippen LogP contribution in [-0.2, 0) is 19.6 Å². The molecule has 2 aromatic carbocycles. The van der Waals surface area contributed by atoms with Crippen molar-refractivity contribution < 1.29 is 27.5 Å². The molecule has 0 unspecified atom stereocenters. The largest absolute Gasteiger partial charge is 0.452 e. The Kier molecular flexibility index (Phi) is 7.08. The zero-order valence-electron chi connectivity index (χ0n) is 16.1. The summed E-state index contributed by atoms with van der Waals surface area (Å²) in [5, 5.41) is 5.00. The van der Waals surface area contributed by atoms with E-state index in [1.807, 2.05) is 0 Å². The standard InChI is InChI=1S/C19H21N3O6S/c1-20-18(24)13-6-4-8-15(10-13)21-17(23)12-28-19(25)14-7-5-9-16(11-14)29(26,27)22(2)3/h4-11H,12H2,1-3H3,(H,20,24)(H,21,23). The molecule has 0 saturated carbocycles. The van der Waals surface area contributed by atoms with E-state index in [9.17, 15) is 22.8 Å². The van der Waals surface area contributed by atoms with Crippen LogP contribution in [0, 0.1) is 0 Å². The number of benzene rings is 2. The van der Waals surface area contributed by atoms with Crippen molar-refractivity contribution >= 4 is 33.5 Å². The number of carbonyl (C=O) groups is 3. The van der Waals surface area contributed by atoms with Gasteiger partial charge in [-0.1, -0.05) is 12.1 Å². The smallest absolute Gasteiger partial charge is 0.338 e. The average Bonchev–Trinajstić information content (AvgIpc) is 2.71. The normalized spacial score (nSPS) is 11.0. The maximum Gasteiger partial charge on any atom is 0.338 e. The molecule has 0 atom stereocenters. The Morgan fingerprint density at radius 3 is 2.31 bits per heavy atom. The molecule has 29 heavy (non-hydrogen) atoms. The van der Waals surface area contributed by atoms with Gasteiger partial charge in [0.25, 0.3) is 11.8 Å². The molecule has 0 aliphatic rings. The number of hydrogen-bond donors (Lipinski definition) is 2. The van der Waals surface area contributed by atoms with Crippen molar-refractivity contribution in [3.05, 3.63) is 59.7 Å². The van der Waals surface area contributed by atoms with Crippen molar-refractivity contribution in [3.8, 4) is 0 Å². The van der Waals surface area contributed by atoms with Gasteiger partial charge in [-0.15, -0.1) is 0 Å². The summed E-state index contributed by atoms with van der Waals surface area (Å²) < 4.78 is 30.3. The highest BCUT2D eigenvalue weighted by Gasteiger charge is 2.19. The molecule has 2 rings (SSSR count). The van der Waals surface area contributed by atoms with Crippen LogP contribution >= 0.6 is 0 Å². The zero-order chi connectivity index (χ0) is 21.6. The molecule has 2 aromatic rings. The molecule has 0 radical (unpaired) electrons. The second kappa shape index (κ2) is 9.30. The summed E-state index contributed by atoms with van der Waals surface area (Å²) in [4.78, 5) is 35.8. The van der Waals surface area contributed by atoms with E-state index in [0.29, 0.717) is 11.3 Å². The van der Waals surface area contributed by atoms with E-state index in [2.05, 4.69) is 10.6 Å². The molecule has 2 N–H and O–H groups in total. The predicted octanol–water partition coefficient (Wildman–Crippen LogP) is 1.09. The van der Waals surface area contributed by atoms with Crippen LogP contribution in [0.25, 0.3) is 0 Å². The van der Waals surface area contributed by atoms with E-state index in [1.165, 1.54) is 51.5 Å². The topological polar surface area (TPSA) is 122 Å². The van der Waals surface area contributed by atoms with Gasteiger partial charge in [0, 0.05) is 32.4 Å². The molecule has 154 valence electrons. The molecule has 9 nitrogen and oxygen atoms in total. The number of amides is 2. The minimum Gasteiger partial charge on any atom is -0.452 e. The first-order valence-electron chi connectivity index (χ1n) is 8.47. The molecule has 0 bridgehead atoms. The van der Waals surface area contributed by atoms with E-state index in [4.69, 9.17) is 4.74 Å². The second-order valence-corrected chi connectivity index (χ2v) is 8.25. The number of esters is 1. The molecule has 0 aromatic heterocycles. The monoisotopic (exact) mass is 419 g/mol. The van der Waals surface area contributed by atoms with Gasteiger partial charge in [0.1, 0.15) is 0 Å². The van der Waals surface area contributed by atoms with Gasteiger partial charge in [-0.3, -0.25) is 9.59 Å². The SMILES string of the molecule is CNC(=O)c1cccc(NC(=O)COC(=O)c2cccc(S(=O)(=O)N(C)C)c2)c1. The van der Waals surface area contributed by atoms with Crippen LogP contribution in [0.4, 0.5) is 5.69 Å². The minimum atomic E-state index is -3.70. The van der Waals surface area contributed by atoms with E-state index < -0.39 is 28.5 Å². The molecule has 10 heteroatoms. The Hall–Kier alpha value is -3.24. The van der Waals surface area contributed by atoms with Gasteiger partial charge in [-0.05, 0) is 36.4 Å². The third-order valence-electron chi connectivity index (χ3n) is 3.82. The summed E-state index contributed by atoms with van der Waals surface area (Å²) in [6.45, 7) is -0.576. The number of carbonyl (C=O) groups excluding carboxylic acids is 3. The lowest BCUT2D eigenvalue weighted by atomic mass is 10.2. The fourth-order valence-corrected chi connectivity index (χ4v) is 3.24. The van der Waals surface area contributed by atoms with Crippen molar-refractivity contribution in [2.24, 2.45) is 0 Å². The highest BCUT2D eigenvalue weighted by atomic mass is 32.2. The molecule has 0 fully saturated rings. The van der Waals surface area contributed by atoms with Crippen molar-refractivity contribution in [1.29, 1.82) is 0 Å². The first kappa shape index (κ1) is 22.1. The Morgan fingerprint density at radius 2 is 1.66 bits per heavy atom. The molecule has 0 spiro atoms. The lowest BCUT2D eigenvalue weighted by Gasteiger charge is -2.12. The molecule has 0 aliphatic carbocycles. The average molecular weight is 419 g/mol. The van der Waals surface area contributed by atoms with Crippen LogP contribution in [0.2, 0.25) is 0 Å². The van der Waals surface area contributed by atoms with Crippen molar-refractivity contribution in [2.75, 3.05) is 33.1 Å². The highest BCUT2D eigenvalue weighted by Crippen LogP contribution is 2.16. The van der Waals surface area contributed by atoms with E-state index in [1.54, 1.807) is 18.2 Å². The second-order valence-electron chi connectivity index (χ2n) is 6.10. The van der Waals surface area contributed by atoms with E-state index >= 15 is 0 Å². The predicted molar refractivity (Wildman–Crippen MR) is 106 cm³/mol. The van der Waals surface area contributed by atoms with Crippen molar-refractivity contribution in [1.82, 2.24) is 9.62 Å². The van der Waals surface area contributed by atoms with Gasteiger partial charge >= 0.3 is 5.97 Å². The molecule has 0 aliphatic heterocycles. The van der Waals surface area contributed by atoms with Crippen LogP contribution in [0.3, 0.4) is 0 Å². The lowest BCUT2D eigenvalue weighted by molar-refractivity contribution is -0.119. The van der Waals surface area contributed by atoms with Gasteiger partial charge in [0.2, 0.25) is 10.0 Å². The van der Waals surface area contributed by atoms with Crippen LogP contribution in [0.5, 0.6) is 0 Å². The van der Waals surface area contributed by atoms with Crippen molar-refractivity contribution in [3.63, 3.8) is 0 Å². The first-order valence-corrected chi connectivity index (χ1v) is 9.91. The summed E-state index contributed by atoms with van der Waals surface area (Å²) in [5.41, 5.74) is 0.731. The van der Waals surface area contributed by atoms with Gasteiger partial charge in [0.05, 0.1) is 10.5 Å². The number of anilines is 1. The highest BCUT2D eigenvalue weighted by molar-refractivity contribution is 7.89. The maximum absolute atomic E-state index is 12.2. The van der Waals surface area contributed by atoms with Crippen LogP contribution < -0.4 is 10.6 Å². The fraction of sp³-hybridized carbons (Fsp3) is 0.211. The summed E-state index contributed by atoms with van der Waals surface area (Å²) in [7, 11) is 0.545. The molecule has 0 heterocycles. The third-order valence-corrected chi connectivity index (χ3v) is 5.63. The third kappa shape index (κ3) is 5.62. The zero-order valence-corrected chi connectivity index (χ0v) is 16.9. The Morgan fingerprint density at radius 1 is 1.00 bits per heavy atom. The summed E-state index contributed by atoms with van der Waals surface area (Å²) in [5.74, 6) is -1.75. The van der Waals surface area contributed by atoms with Crippen LogP contribution in [0.1, 0.15) is 20.7 Å². The van der Waals surface area contributed by atoms with Gasteiger partial charge in [-0.25, -0.2) is 17.5 Å². The van der Waals surface area contributed by atoms with Gasteiger partial charge in [-0.2, -0.15) is 0 Å². The number of rotatable bonds is 7. The molecular formula is C19H21N3O6S. The Bertz CT molecular complexity index is 1030. The lowest BCUT2D eigenvalue weighted by Crippen LogP contribution is -2.23. The fourth-order valence-electron chi connectivity index (χ4n) is 2.29. The molecule has 0 saturated heterocycles. The Labute approximate surface area is 168 Å². The molecular weight excluding hydrogens is 398 g/mol. The van der Waals surface area contributed by atoms with E-state index in [-0.39, 0.29) is 16.4 Å². The first-order chi connectivity index (χ1) is 13.6. The number of nitrogens with zero attached hydrogens (tertiary/aromatic N) is 1. The quantitative estimate of drug-likeness (QED) is 0.648. The number of hydrogen-bond acceptors (Lipinski definition) is 6. The van der Waals surface area contributed by atoms with Crippen molar-refractivity contribution in [2.45, 2.75) is 4.90 Å². The molecule has 2 amide bonds. The van der Waals surface area contributed by atoms with Crippen LogP contribution in [-0.4, -0.2) is 58.3 Å².